The number of aliphatic hydroxyl groups excluding tert-OH is 1. The molecule has 3 N–H and O–H groups in total. The Hall–Kier alpha value is -1.33. The van der Waals surface area contributed by atoms with E-state index < -0.39 is 0 Å². The number of aliphatic hydroxyl groups is 1. The number of hydrogen-bond acceptors (Lipinski definition) is 4. The smallest absolute Gasteiger partial charge is 0.186 e. The van der Waals surface area contributed by atoms with E-state index in [1.54, 1.807) is 0 Å². The average Bonchev–Trinajstić information content (AvgIpc) is 2.29. The van der Waals surface area contributed by atoms with Crippen LogP contribution in [0.25, 0.3) is 5.70 Å². The molecule has 0 radical (unpaired) electrons. The lowest BCUT2D eigenvalue weighted by atomic mass is 10.1. The van der Waals surface area contributed by atoms with Crippen LogP contribution in [0.15, 0.2) is 40.8 Å². The first kappa shape index (κ1) is 11.7. The van der Waals surface area contributed by atoms with Gasteiger partial charge in [-0.15, -0.1) is 3.89 Å². The minimum atomic E-state index is -0.343. The summed E-state index contributed by atoms with van der Waals surface area (Å²) in [5, 5.41) is 8.84. The molecule has 0 saturated carbocycles. The molecule has 3 nitrogen and oxygen atoms in total. The van der Waals surface area contributed by atoms with Crippen molar-refractivity contribution in [1.29, 1.82) is 0 Å². The summed E-state index contributed by atoms with van der Waals surface area (Å²) in [5.41, 5.74) is 7.19. The van der Waals surface area contributed by atoms with Gasteiger partial charge in [0.15, 0.2) is 12.3 Å². The maximum absolute atomic E-state index is 11.8. The highest BCUT2D eigenvalue weighted by Gasteiger charge is 1.98. The summed E-state index contributed by atoms with van der Waals surface area (Å²) in [6.45, 7) is -0.343. The van der Waals surface area contributed by atoms with E-state index in [4.69, 9.17) is 10.8 Å². The second-order valence-electron chi connectivity index (χ2n) is 2.78. The highest BCUT2D eigenvalue weighted by Crippen LogP contribution is 2.09. The molecule has 1 aromatic rings. The van der Waals surface area contributed by atoms with E-state index in [0.29, 0.717) is 5.70 Å². The maximum atomic E-state index is 11.8. The van der Waals surface area contributed by atoms with Crippen molar-refractivity contribution in [2.75, 3.05) is 6.61 Å². The number of nitrogens with zero attached hydrogens (tertiary/aromatic N) is 1. The highest BCUT2D eigenvalue weighted by molar-refractivity contribution is 7.93. The summed E-state index contributed by atoms with van der Waals surface area (Å²) in [4.78, 5) is 0. The van der Waals surface area contributed by atoms with Crippen LogP contribution in [0.3, 0.4) is 0 Å². The summed E-state index contributed by atoms with van der Waals surface area (Å²) < 4.78 is 15.2. The lowest BCUT2D eigenvalue weighted by molar-refractivity contribution is 0.358. The zero-order valence-electron chi connectivity index (χ0n) is 7.93. The first-order valence-electron chi connectivity index (χ1n) is 4.26. The Morgan fingerprint density at radius 3 is 2.67 bits per heavy atom. The normalized spacial score (nSPS) is 12.9. The van der Waals surface area contributed by atoms with E-state index in [2.05, 4.69) is 4.40 Å². The van der Waals surface area contributed by atoms with Crippen molar-refractivity contribution in [3.05, 3.63) is 42.0 Å². The van der Waals surface area contributed by atoms with E-state index in [0.717, 1.165) is 5.56 Å². The van der Waals surface area contributed by atoms with E-state index in [1.165, 1.54) is 6.08 Å². The molecular formula is C10H11FN2OS. The fourth-order valence-electron chi connectivity index (χ4n) is 1.04. The summed E-state index contributed by atoms with van der Waals surface area (Å²) >= 11 is -0.201. The van der Waals surface area contributed by atoms with E-state index >= 15 is 0 Å². The van der Waals surface area contributed by atoms with Crippen LogP contribution in [0.4, 0.5) is 3.89 Å². The van der Waals surface area contributed by atoms with Gasteiger partial charge in [0.25, 0.3) is 0 Å². The van der Waals surface area contributed by atoms with E-state index in [9.17, 15) is 3.89 Å². The Labute approximate surface area is 92.0 Å². The molecule has 5 heteroatoms. The Morgan fingerprint density at radius 1 is 1.47 bits per heavy atom. The first-order valence-corrected chi connectivity index (χ1v) is 4.93. The SMILES string of the molecule is N/C(=C\C(CO)=N\SF)c1ccccc1. The first-order chi connectivity index (χ1) is 7.27. The maximum Gasteiger partial charge on any atom is 0.186 e. The molecule has 80 valence electrons. The van der Waals surface area contributed by atoms with Gasteiger partial charge in [-0.3, -0.25) is 0 Å². The Kier molecular flexibility index (Phi) is 4.86. The van der Waals surface area contributed by atoms with E-state index in [1.807, 2.05) is 30.3 Å². The van der Waals surface area contributed by atoms with Crippen molar-refractivity contribution in [1.82, 2.24) is 0 Å². The minimum Gasteiger partial charge on any atom is -0.398 e. The predicted molar refractivity (Wildman–Crippen MR) is 61.8 cm³/mol. The molecule has 1 aromatic carbocycles. The molecule has 0 aliphatic rings. The Balaban J connectivity index is 2.88. The second kappa shape index (κ2) is 6.21. The zero-order valence-corrected chi connectivity index (χ0v) is 8.75. The quantitative estimate of drug-likeness (QED) is 0.609. The zero-order chi connectivity index (χ0) is 11.1. The van der Waals surface area contributed by atoms with Crippen LogP contribution in [0.1, 0.15) is 5.56 Å². The third-order valence-corrected chi connectivity index (χ3v) is 2.05. The molecule has 1 rings (SSSR count). The topological polar surface area (TPSA) is 58.6 Å². The molecule has 0 aliphatic carbocycles. The molecule has 0 aromatic heterocycles. The fourth-order valence-corrected chi connectivity index (χ4v) is 1.24. The number of halogens is 1. The van der Waals surface area contributed by atoms with Crippen molar-refractivity contribution in [3.63, 3.8) is 0 Å². The third kappa shape index (κ3) is 3.73. The van der Waals surface area contributed by atoms with Crippen molar-refractivity contribution in [3.8, 4) is 0 Å². The Bertz CT molecular complexity index is 365. The van der Waals surface area contributed by atoms with Crippen LogP contribution in [0, 0.1) is 0 Å². The molecule has 0 bridgehead atoms. The number of nitrogens with two attached hydrogens (primary N) is 1. The van der Waals surface area contributed by atoms with Crippen molar-refractivity contribution in [2.45, 2.75) is 0 Å². The number of benzene rings is 1. The lowest BCUT2D eigenvalue weighted by Gasteiger charge is -2.01. The summed E-state index contributed by atoms with van der Waals surface area (Å²) in [6, 6.07) is 9.20. The Morgan fingerprint density at radius 2 is 2.13 bits per heavy atom. The molecule has 0 saturated heterocycles. The second-order valence-corrected chi connectivity index (χ2v) is 3.10. The summed E-state index contributed by atoms with van der Waals surface area (Å²) in [6.07, 6.45) is 1.45. The molecule has 0 heterocycles. The molecule has 0 amide bonds. The van der Waals surface area contributed by atoms with Crippen molar-refractivity contribution in [2.24, 2.45) is 10.1 Å². The van der Waals surface area contributed by atoms with E-state index in [-0.39, 0.29) is 24.7 Å². The van der Waals surface area contributed by atoms with Gasteiger partial charge >= 0.3 is 0 Å². The van der Waals surface area contributed by atoms with Crippen LogP contribution < -0.4 is 5.73 Å². The van der Waals surface area contributed by atoms with Gasteiger partial charge in [0.05, 0.1) is 12.3 Å². The lowest BCUT2D eigenvalue weighted by Crippen LogP contribution is -2.05. The standard InChI is InChI=1S/C10H11FN2OS/c11-15-13-9(7-14)6-10(12)8-4-2-1-3-5-8/h1-6,14H,7,12H2/b10-6-,13-9-. The van der Waals surface area contributed by atoms with Crippen LogP contribution in [0.5, 0.6) is 0 Å². The molecular weight excluding hydrogens is 215 g/mol. The van der Waals surface area contributed by atoms with Gasteiger partial charge in [-0.25, -0.2) is 0 Å². The van der Waals surface area contributed by atoms with Gasteiger partial charge in [-0.2, -0.15) is 4.40 Å². The molecule has 0 atom stereocenters. The molecule has 15 heavy (non-hydrogen) atoms. The summed E-state index contributed by atoms with van der Waals surface area (Å²) in [5.74, 6) is 0. The van der Waals surface area contributed by atoms with Crippen LogP contribution in [-0.2, 0) is 0 Å². The summed E-state index contributed by atoms with van der Waals surface area (Å²) in [7, 11) is 0. The van der Waals surface area contributed by atoms with Crippen LogP contribution >= 0.6 is 12.3 Å². The minimum absolute atomic E-state index is 0.198. The van der Waals surface area contributed by atoms with Gasteiger partial charge in [-0.05, 0) is 11.6 Å². The molecule has 0 spiro atoms. The van der Waals surface area contributed by atoms with Gasteiger partial charge in [0.2, 0.25) is 0 Å². The van der Waals surface area contributed by atoms with Crippen LogP contribution in [0.2, 0.25) is 0 Å². The van der Waals surface area contributed by atoms with Gasteiger partial charge in [-0.1, -0.05) is 30.3 Å². The monoisotopic (exact) mass is 226 g/mol. The van der Waals surface area contributed by atoms with Gasteiger partial charge in [0.1, 0.15) is 0 Å². The predicted octanol–water partition coefficient (Wildman–Crippen LogP) is 1.95. The van der Waals surface area contributed by atoms with Gasteiger partial charge in [0, 0.05) is 5.70 Å². The van der Waals surface area contributed by atoms with Crippen molar-refractivity contribution >= 4 is 23.7 Å². The average molecular weight is 226 g/mol. The third-order valence-electron chi connectivity index (χ3n) is 1.74. The van der Waals surface area contributed by atoms with Gasteiger partial charge < -0.3 is 10.8 Å². The molecule has 0 aliphatic heterocycles. The molecule has 0 fully saturated rings. The number of rotatable bonds is 4. The fraction of sp³-hybridized carbons (Fsp3) is 0.100. The number of hydrogen-bond donors (Lipinski definition) is 2. The molecule has 0 unspecified atom stereocenters. The highest BCUT2D eigenvalue weighted by atomic mass is 32.2. The van der Waals surface area contributed by atoms with Crippen molar-refractivity contribution < 1.29 is 8.99 Å². The van der Waals surface area contributed by atoms with Crippen LogP contribution in [-0.4, -0.2) is 17.4 Å². The largest absolute Gasteiger partial charge is 0.398 e.